The third-order valence-electron chi connectivity index (χ3n) is 9.14. The van der Waals surface area contributed by atoms with Gasteiger partial charge < -0.3 is 26.2 Å². The van der Waals surface area contributed by atoms with Crippen LogP contribution in [-0.2, 0) is 28.8 Å². The van der Waals surface area contributed by atoms with Crippen molar-refractivity contribution in [1.29, 1.82) is 0 Å². The molecule has 0 aliphatic carbocycles. The Bertz CT molecular complexity index is 2260. The second-order valence-corrected chi connectivity index (χ2v) is 14.8. The van der Waals surface area contributed by atoms with Crippen LogP contribution in [0.1, 0.15) is 47.6 Å². The molecule has 5 amide bonds. The van der Waals surface area contributed by atoms with Crippen LogP contribution >= 0.6 is 23.1 Å². The van der Waals surface area contributed by atoms with Gasteiger partial charge in [0.1, 0.15) is 33.9 Å². The zero-order valence-corrected chi connectivity index (χ0v) is 29.9. The van der Waals surface area contributed by atoms with Gasteiger partial charge in [-0.2, -0.15) is 0 Å². The molecule has 278 valence electrons. The Hall–Kier alpha value is -5.95. The molecule has 0 spiro atoms. The molecule has 5 N–H and O–H groups in total. The quantitative estimate of drug-likeness (QED) is 0.156. The number of thioether (sulfide) groups is 1. The second-order valence-electron chi connectivity index (χ2n) is 12.8. The van der Waals surface area contributed by atoms with E-state index >= 15 is 0 Å². The van der Waals surface area contributed by atoms with Crippen molar-refractivity contribution in [2.45, 2.75) is 56.3 Å². The van der Waals surface area contributed by atoms with E-state index in [4.69, 9.17) is 0 Å². The van der Waals surface area contributed by atoms with Crippen LogP contribution in [0.4, 0.5) is 5.69 Å². The molecule has 5 heterocycles. The number of anilines is 1. The van der Waals surface area contributed by atoms with Crippen LogP contribution < -0.4 is 16.0 Å². The van der Waals surface area contributed by atoms with Crippen molar-refractivity contribution in [3.63, 3.8) is 0 Å². The molecule has 3 aliphatic rings. The lowest BCUT2D eigenvalue weighted by Crippen LogP contribution is -2.64. The van der Waals surface area contributed by atoms with Crippen LogP contribution in [0.15, 0.2) is 59.7 Å². The van der Waals surface area contributed by atoms with Crippen molar-refractivity contribution in [2.75, 3.05) is 17.6 Å². The number of hydrogen-bond donors (Lipinski definition) is 5. The van der Waals surface area contributed by atoms with Gasteiger partial charge in [0.05, 0.1) is 16.6 Å². The minimum atomic E-state index is -1.57. The standard InChI is InChI=1S/C35H32N8O9S2/c44-26-10-9-21(38-31(49)28-19-5-2-1-4-17(19)11-12-36-28)34(50)43-24(6-3-13-42(26)43)30(48)39-22(15-27(45)46)29(47)37-18-7-8-20-25(14-18)54-33(40-20)32-41-23(16-53-32)35(51)52/h1-2,4-5,7-8,11-12,14,21-24H,3,6,9-10,13,15-16H2,(H,37,47)(H,38,49)(H,39,48)(H,45,46)(H,51,52)/t21-,22?,23+,24-/m0/s1. The topological polar surface area (TPSA) is 241 Å². The van der Waals surface area contributed by atoms with Crippen molar-refractivity contribution < 1.29 is 43.8 Å². The Balaban J connectivity index is 1.07. The number of pyridine rings is 1. The van der Waals surface area contributed by atoms with E-state index in [0.717, 1.165) is 10.4 Å². The summed E-state index contributed by atoms with van der Waals surface area (Å²) in [5.41, 5.74) is 0.954. The fourth-order valence-electron chi connectivity index (χ4n) is 6.53. The number of carbonyl (C=O) groups is 7. The molecule has 0 bridgehead atoms. The number of benzene rings is 2. The van der Waals surface area contributed by atoms with Crippen molar-refractivity contribution in [3.05, 3.63) is 65.4 Å². The minimum absolute atomic E-state index is 0.0268. The van der Waals surface area contributed by atoms with Crippen LogP contribution in [0.3, 0.4) is 0 Å². The van der Waals surface area contributed by atoms with Crippen LogP contribution in [0, 0.1) is 0 Å². The molecule has 4 atom stereocenters. The molecule has 1 unspecified atom stereocenters. The molecule has 54 heavy (non-hydrogen) atoms. The third kappa shape index (κ3) is 7.44. The summed E-state index contributed by atoms with van der Waals surface area (Å²) >= 11 is 2.53. The van der Waals surface area contributed by atoms with Gasteiger partial charge in [-0.3, -0.25) is 43.8 Å². The lowest BCUT2D eigenvalue weighted by atomic mass is 10.0. The predicted molar refractivity (Wildman–Crippen MR) is 197 cm³/mol. The molecule has 2 aromatic heterocycles. The number of nitrogens with zero attached hydrogens (tertiary/aromatic N) is 5. The molecule has 2 saturated heterocycles. The number of amides is 5. The lowest BCUT2D eigenvalue weighted by Gasteiger charge is -2.43. The summed E-state index contributed by atoms with van der Waals surface area (Å²) in [5, 5.41) is 31.3. The van der Waals surface area contributed by atoms with Gasteiger partial charge in [0, 0.05) is 36.0 Å². The van der Waals surface area contributed by atoms with Gasteiger partial charge in [-0.15, -0.1) is 23.1 Å². The van der Waals surface area contributed by atoms with Crippen molar-refractivity contribution in [3.8, 4) is 0 Å². The number of rotatable bonds is 10. The molecule has 4 aromatic rings. The van der Waals surface area contributed by atoms with Crippen molar-refractivity contribution in [1.82, 2.24) is 30.6 Å². The van der Waals surface area contributed by atoms with Gasteiger partial charge in [0.15, 0.2) is 6.04 Å². The first kappa shape index (κ1) is 36.4. The molecule has 0 saturated carbocycles. The summed E-state index contributed by atoms with van der Waals surface area (Å²) in [6, 6.07) is 8.77. The van der Waals surface area contributed by atoms with Crippen LogP contribution in [0.2, 0.25) is 0 Å². The van der Waals surface area contributed by atoms with Gasteiger partial charge in [-0.25, -0.2) is 14.8 Å². The SMILES string of the molecule is O=C(O)CC(NC(=O)[C@@H]1CCCN2C(=O)CC[C@H](NC(=O)c3nccc4ccccc34)C(=O)N12)C(=O)Nc1ccc2nc(C3=N[C@@H](C(=O)O)CS3)sc2c1. The normalized spacial score (nSPS) is 20.5. The van der Waals surface area contributed by atoms with E-state index in [1.807, 2.05) is 12.1 Å². The summed E-state index contributed by atoms with van der Waals surface area (Å²) in [4.78, 5) is 104. The number of carbonyl (C=O) groups excluding carboxylic acids is 5. The Labute approximate surface area is 314 Å². The van der Waals surface area contributed by atoms with Crippen LogP contribution in [0.5, 0.6) is 0 Å². The van der Waals surface area contributed by atoms with Gasteiger partial charge in [0.2, 0.25) is 17.7 Å². The van der Waals surface area contributed by atoms with E-state index in [9.17, 15) is 43.8 Å². The van der Waals surface area contributed by atoms with Gasteiger partial charge in [0.25, 0.3) is 11.8 Å². The maximum absolute atomic E-state index is 14.1. The number of carboxylic acids is 2. The average molecular weight is 773 g/mol. The zero-order chi connectivity index (χ0) is 38.1. The highest BCUT2D eigenvalue weighted by atomic mass is 32.2. The first-order valence-electron chi connectivity index (χ1n) is 16.9. The number of nitrogens with one attached hydrogen (secondary N) is 3. The van der Waals surface area contributed by atoms with Gasteiger partial charge in [-0.1, -0.05) is 24.3 Å². The monoisotopic (exact) mass is 772 g/mol. The predicted octanol–water partition coefficient (Wildman–Crippen LogP) is 2.02. The Morgan fingerprint density at radius 3 is 2.61 bits per heavy atom. The smallest absolute Gasteiger partial charge is 0.329 e. The summed E-state index contributed by atoms with van der Waals surface area (Å²) in [6.45, 7) is 0.146. The first-order valence-corrected chi connectivity index (χ1v) is 18.7. The number of aromatic nitrogens is 2. The number of aliphatic imine (C=N–C) groups is 1. The van der Waals surface area contributed by atoms with E-state index in [2.05, 4.69) is 30.9 Å². The molecule has 3 aliphatic heterocycles. The van der Waals surface area contributed by atoms with Crippen LogP contribution in [0.25, 0.3) is 21.0 Å². The zero-order valence-electron chi connectivity index (χ0n) is 28.3. The Morgan fingerprint density at radius 2 is 1.83 bits per heavy atom. The minimum Gasteiger partial charge on any atom is -0.481 e. The van der Waals surface area contributed by atoms with E-state index < -0.39 is 72.1 Å². The Kier molecular flexibility index (Phi) is 10.2. The highest BCUT2D eigenvalue weighted by Crippen LogP contribution is 2.32. The number of carboxylic acid groups (broad SMARTS) is 2. The molecule has 19 heteroatoms. The van der Waals surface area contributed by atoms with E-state index in [0.29, 0.717) is 37.8 Å². The average Bonchev–Trinajstić information content (AvgIpc) is 3.80. The summed E-state index contributed by atoms with van der Waals surface area (Å²) < 4.78 is 0.646. The van der Waals surface area contributed by atoms with Gasteiger partial charge >= 0.3 is 11.9 Å². The molecule has 2 fully saturated rings. The van der Waals surface area contributed by atoms with E-state index in [-0.39, 0.29) is 37.2 Å². The molecule has 7 rings (SSSR count). The van der Waals surface area contributed by atoms with E-state index in [1.54, 1.807) is 36.4 Å². The number of hydrogen-bond acceptors (Lipinski definition) is 12. The van der Waals surface area contributed by atoms with Crippen molar-refractivity contribution >= 4 is 96.3 Å². The molecule has 2 aromatic carbocycles. The third-order valence-corrected chi connectivity index (χ3v) is 11.4. The summed E-state index contributed by atoms with van der Waals surface area (Å²) in [6.07, 6.45) is 1.03. The summed E-state index contributed by atoms with van der Waals surface area (Å²) in [5.74, 6) is -5.55. The fraction of sp³-hybridized carbons (Fsp3) is 0.314. The largest absolute Gasteiger partial charge is 0.481 e. The number of thiazole rings is 1. The number of aliphatic carboxylic acids is 2. The maximum atomic E-state index is 14.1. The highest BCUT2D eigenvalue weighted by molar-refractivity contribution is 8.15. The molecule has 17 nitrogen and oxygen atoms in total. The van der Waals surface area contributed by atoms with Gasteiger partial charge in [-0.05, 0) is 48.9 Å². The molecular formula is C35H32N8O9S2. The molecular weight excluding hydrogens is 741 g/mol. The van der Waals surface area contributed by atoms with Crippen LogP contribution in [-0.4, -0.2) is 113 Å². The lowest BCUT2D eigenvalue weighted by molar-refractivity contribution is -0.176. The summed E-state index contributed by atoms with van der Waals surface area (Å²) in [7, 11) is 0. The molecule has 0 radical (unpaired) electrons. The second kappa shape index (κ2) is 15.2. The number of hydrazine groups is 1. The van der Waals surface area contributed by atoms with E-state index in [1.165, 1.54) is 34.3 Å². The Morgan fingerprint density at radius 1 is 1.02 bits per heavy atom. The first-order chi connectivity index (χ1) is 26.0. The number of fused-ring (bicyclic) bond motifs is 3. The fourth-order valence-corrected chi connectivity index (χ4v) is 8.63. The maximum Gasteiger partial charge on any atom is 0.329 e. The van der Waals surface area contributed by atoms with Crippen molar-refractivity contribution in [2.24, 2.45) is 4.99 Å². The highest BCUT2D eigenvalue weighted by Gasteiger charge is 2.45.